The third kappa shape index (κ3) is 4.62. The number of fused-ring (bicyclic) bond motifs is 1. The first-order valence-electron chi connectivity index (χ1n) is 9.39. The van der Waals surface area contributed by atoms with Gasteiger partial charge in [-0.1, -0.05) is 41.6 Å². The first-order valence-corrected chi connectivity index (χ1v) is 10.8. The molecular weight excluding hydrogens is 437 g/mol. The average molecular weight is 454 g/mol. The van der Waals surface area contributed by atoms with E-state index in [2.05, 4.69) is 10.3 Å². The van der Waals surface area contributed by atoms with Crippen molar-refractivity contribution < 1.29 is 9.18 Å². The lowest BCUT2D eigenvalue weighted by molar-refractivity contribution is -0.113. The van der Waals surface area contributed by atoms with Crippen molar-refractivity contribution in [1.29, 1.82) is 0 Å². The van der Waals surface area contributed by atoms with Crippen LogP contribution in [0.15, 0.2) is 76.7 Å². The first-order chi connectivity index (χ1) is 14.9. The monoisotopic (exact) mass is 453 g/mol. The summed E-state index contributed by atoms with van der Waals surface area (Å²) in [6.45, 7) is 1.88. The Hall–Kier alpha value is -3.16. The largest absolute Gasteiger partial charge is 0.325 e. The van der Waals surface area contributed by atoms with E-state index in [1.807, 2.05) is 13.0 Å². The van der Waals surface area contributed by atoms with Crippen LogP contribution >= 0.6 is 23.4 Å². The molecule has 156 valence electrons. The number of anilines is 1. The van der Waals surface area contributed by atoms with Gasteiger partial charge in [-0.3, -0.25) is 14.2 Å². The number of carbonyl (C=O) groups excluding carboxylic acids is 1. The minimum absolute atomic E-state index is 0.0156. The summed E-state index contributed by atoms with van der Waals surface area (Å²) in [5, 5.41) is 4.08. The molecule has 4 aromatic rings. The number of para-hydroxylation sites is 1. The fourth-order valence-electron chi connectivity index (χ4n) is 3.02. The van der Waals surface area contributed by atoms with Gasteiger partial charge in [0.05, 0.1) is 22.3 Å². The first kappa shape index (κ1) is 21.1. The number of aromatic nitrogens is 2. The second-order valence-corrected chi connectivity index (χ2v) is 8.18. The Morgan fingerprint density at radius 3 is 2.61 bits per heavy atom. The predicted molar refractivity (Wildman–Crippen MR) is 123 cm³/mol. The number of halogens is 2. The lowest BCUT2D eigenvalue weighted by Gasteiger charge is -2.14. The summed E-state index contributed by atoms with van der Waals surface area (Å²) in [7, 11) is 0. The maximum atomic E-state index is 13.2. The second-order valence-electron chi connectivity index (χ2n) is 6.83. The van der Waals surface area contributed by atoms with Crippen LogP contribution in [0.1, 0.15) is 5.56 Å². The molecule has 1 heterocycles. The van der Waals surface area contributed by atoms with Crippen LogP contribution in [-0.2, 0) is 4.79 Å². The SMILES string of the molecule is Cc1ccc(-n2c(SCC(=O)Nc3ccc(F)cc3)nc3ccccc3c2=O)cc1Cl. The van der Waals surface area contributed by atoms with Crippen LogP contribution < -0.4 is 10.9 Å². The van der Waals surface area contributed by atoms with E-state index in [1.54, 1.807) is 36.4 Å². The van der Waals surface area contributed by atoms with E-state index in [9.17, 15) is 14.0 Å². The van der Waals surface area contributed by atoms with Gasteiger partial charge in [0.2, 0.25) is 5.91 Å². The Morgan fingerprint density at radius 2 is 1.87 bits per heavy atom. The molecule has 8 heteroatoms. The van der Waals surface area contributed by atoms with E-state index in [1.165, 1.54) is 28.8 Å². The molecule has 1 N–H and O–H groups in total. The lowest BCUT2D eigenvalue weighted by atomic mass is 10.2. The number of benzene rings is 3. The molecule has 31 heavy (non-hydrogen) atoms. The molecule has 0 unspecified atom stereocenters. The van der Waals surface area contributed by atoms with E-state index < -0.39 is 0 Å². The molecule has 0 saturated heterocycles. The molecule has 0 radical (unpaired) electrons. The molecule has 1 amide bonds. The zero-order chi connectivity index (χ0) is 22.0. The van der Waals surface area contributed by atoms with Crippen molar-refractivity contribution in [1.82, 2.24) is 9.55 Å². The number of amides is 1. The fraction of sp³-hybridized carbons (Fsp3) is 0.0870. The number of hydrogen-bond acceptors (Lipinski definition) is 4. The lowest BCUT2D eigenvalue weighted by Crippen LogP contribution is -2.23. The summed E-state index contributed by atoms with van der Waals surface area (Å²) < 4.78 is 14.5. The molecule has 4 rings (SSSR count). The van der Waals surface area contributed by atoms with Gasteiger partial charge in [-0.05, 0) is 61.0 Å². The summed E-state index contributed by atoms with van der Waals surface area (Å²) in [5.74, 6) is -0.664. The molecule has 0 fully saturated rings. The van der Waals surface area contributed by atoms with Crippen molar-refractivity contribution in [3.63, 3.8) is 0 Å². The van der Waals surface area contributed by atoms with E-state index >= 15 is 0 Å². The maximum absolute atomic E-state index is 13.2. The highest BCUT2D eigenvalue weighted by atomic mass is 35.5. The van der Waals surface area contributed by atoms with Crippen LogP contribution in [0, 0.1) is 12.7 Å². The normalized spacial score (nSPS) is 10.9. The van der Waals surface area contributed by atoms with Crippen molar-refractivity contribution in [2.75, 3.05) is 11.1 Å². The van der Waals surface area contributed by atoms with Crippen LogP contribution in [0.4, 0.5) is 10.1 Å². The van der Waals surface area contributed by atoms with Crippen molar-refractivity contribution >= 4 is 45.9 Å². The second kappa shape index (κ2) is 8.91. The van der Waals surface area contributed by atoms with Gasteiger partial charge in [-0.15, -0.1) is 0 Å². The highest BCUT2D eigenvalue weighted by Crippen LogP contribution is 2.25. The Morgan fingerprint density at radius 1 is 1.13 bits per heavy atom. The summed E-state index contributed by atoms with van der Waals surface area (Å²) >= 11 is 7.42. The van der Waals surface area contributed by atoms with Gasteiger partial charge in [0.25, 0.3) is 5.56 Å². The molecule has 1 aromatic heterocycles. The maximum Gasteiger partial charge on any atom is 0.266 e. The standard InChI is InChI=1S/C23H17ClFN3O2S/c1-14-6-11-17(12-19(14)24)28-22(30)18-4-2-3-5-20(18)27-23(28)31-13-21(29)26-16-9-7-15(25)8-10-16/h2-12H,13H2,1H3,(H,26,29). The summed E-state index contributed by atoms with van der Waals surface area (Å²) in [6.07, 6.45) is 0. The van der Waals surface area contributed by atoms with Crippen LogP contribution in [0.3, 0.4) is 0 Å². The highest BCUT2D eigenvalue weighted by Gasteiger charge is 2.15. The summed E-state index contributed by atoms with van der Waals surface area (Å²) in [5.41, 5.74) is 2.25. The number of nitrogens with zero attached hydrogens (tertiary/aromatic N) is 2. The minimum atomic E-state index is -0.381. The third-order valence-electron chi connectivity index (χ3n) is 4.62. The molecule has 0 saturated carbocycles. The molecule has 0 aliphatic carbocycles. The predicted octanol–water partition coefficient (Wildman–Crippen LogP) is 5.22. The molecule has 0 aliphatic rings. The third-order valence-corrected chi connectivity index (χ3v) is 5.96. The minimum Gasteiger partial charge on any atom is -0.325 e. The van der Waals surface area contributed by atoms with Crippen LogP contribution in [0.25, 0.3) is 16.6 Å². The number of thioether (sulfide) groups is 1. The van der Waals surface area contributed by atoms with Crippen molar-refractivity contribution in [3.05, 3.63) is 93.5 Å². The van der Waals surface area contributed by atoms with E-state index in [-0.39, 0.29) is 23.0 Å². The van der Waals surface area contributed by atoms with E-state index in [0.717, 1.165) is 17.3 Å². The van der Waals surface area contributed by atoms with Gasteiger partial charge in [-0.2, -0.15) is 0 Å². The number of nitrogens with one attached hydrogen (secondary N) is 1. The van der Waals surface area contributed by atoms with Crippen molar-refractivity contribution in [2.24, 2.45) is 0 Å². The Balaban J connectivity index is 1.68. The molecular formula is C23H17ClFN3O2S. The fourth-order valence-corrected chi connectivity index (χ4v) is 4.01. The molecule has 0 spiro atoms. The number of carbonyl (C=O) groups is 1. The van der Waals surface area contributed by atoms with E-state index in [4.69, 9.17) is 11.6 Å². The zero-order valence-electron chi connectivity index (χ0n) is 16.4. The smallest absolute Gasteiger partial charge is 0.266 e. The molecule has 0 aliphatic heterocycles. The Kier molecular flexibility index (Phi) is 6.06. The van der Waals surface area contributed by atoms with E-state index in [0.29, 0.717) is 32.5 Å². The molecule has 5 nitrogen and oxygen atoms in total. The Bertz CT molecular complexity index is 1340. The molecule has 3 aromatic carbocycles. The van der Waals surface area contributed by atoms with Crippen molar-refractivity contribution in [2.45, 2.75) is 12.1 Å². The van der Waals surface area contributed by atoms with Gasteiger partial charge < -0.3 is 5.32 Å². The highest BCUT2D eigenvalue weighted by molar-refractivity contribution is 7.99. The average Bonchev–Trinajstić information content (AvgIpc) is 2.76. The van der Waals surface area contributed by atoms with Crippen LogP contribution in [0.5, 0.6) is 0 Å². The molecule has 0 atom stereocenters. The number of hydrogen-bond donors (Lipinski definition) is 1. The van der Waals surface area contributed by atoms with Crippen LogP contribution in [-0.4, -0.2) is 21.2 Å². The molecule has 0 bridgehead atoms. The van der Waals surface area contributed by atoms with Gasteiger partial charge in [-0.25, -0.2) is 9.37 Å². The number of aryl methyl sites for hydroxylation is 1. The zero-order valence-corrected chi connectivity index (χ0v) is 18.0. The van der Waals surface area contributed by atoms with Crippen LogP contribution in [0.2, 0.25) is 5.02 Å². The topological polar surface area (TPSA) is 64.0 Å². The Labute approximate surface area is 186 Å². The summed E-state index contributed by atoms with van der Waals surface area (Å²) in [6, 6.07) is 17.9. The van der Waals surface area contributed by atoms with Gasteiger partial charge in [0.1, 0.15) is 5.82 Å². The van der Waals surface area contributed by atoms with Gasteiger partial charge >= 0.3 is 0 Å². The van der Waals surface area contributed by atoms with Gasteiger partial charge in [0.15, 0.2) is 5.16 Å². The van der Waals surface area contributed by atoms with Crippen molar-refractivity contribution in [3.8, 4) is 5.69 Å². The number of rotatable bonds is 5. The quantitative estimate of drug-likeness (QED) is 0.332. The van der Waals surface area contributed by atoms with Gasteiger partial charge in [0, 0.05) is 10.7 Å². The summed E-state index contributed by atoms with van der Waals surface area (Å²) in [4.78, 5) is 30.3.